The second-order valence-electron chi connectivity index (χ2n) is 12.3. The molecule has 5 nitrogen and oxygen atoms in total. The zero-order valence-corrected chi connectivity index (χ0v) is 22.4. The fourth-order valence-electron chi connectivity index (χ4n) is 8.87. The molecule has 4 fully saturated rings. The molecule has 5 heteroatoms. The first-order chi connectivity index (χ1) is 20.3. The molecule has 11 rings (SSSR count). The molecule has 4 heterocycles. The molecule has 4 unspecified atom stereocenters. The Labute approximate surface area is 236 Å². The Morgan fingerprint density at radius 2 is 1.15 bits per heavy atom. The summed E-state index contributed by atoms with van der Waals surface area (Å²) < 4.78 is 12.3. The molecular formula is C36H27N3O2. The van der Waals surface area contributed by atoms with Crippen LogP contribution in [0.15, 0.2) is 106 Å². The van der Waals surface area contributed by atoms with Crippen LogP contribution in [-0.4, -0.2) is 9.97 Å². The normalized spacial score (nSPS) is 24.5. The van der Waals surface area contributed by atoms with Crippen LogP contribution < -0.4 is 4.90 Å². The number of hydrogen-bond donors (Lipinski definition) is 0. The highest BCUT2D eigenvalue weighted by Crippen LogP contribution is 2.69. The van der Waals surface area contributed by atoms with Gasteiger partial charge in [-0.2, -0.15) is 0 Å². The predicted octanol–water partition coefficient (Wildman–Crippen LogP) is 9.50. The van der Waals surface area contributed by atoms with Crippen molar-refractivity contribution in [2.45, 2.75) is 25.2 Å². The number of benzene rings is 3. The molecule has 0 radical (unpaired) electrons. The second kappa shape index (κ2) is 7.97. The minimum absolute atomic E-state index is 0.754. The summed E-state index contributed by atoms with van der Waals surface area (Å²) in [4.78, 5) is 10.8. The number of pyridine rings is 2. The van der Waals surface area contributed by atoms with Crippen molar-refractivity contribution in [3.63, 3.8) is 0 Å². The highest BCUT2D eigenvalue weighted by atomic mass is 16.3. The van der Waals surface area contributed by atoms with E-state index in [1.807, 2.05) is 24.5 Å². The van der Waals surface area contributed by atoms with Crippen molar-refractivity contribution in [3.8, 4) is 0 Å². The van der Waals surface area contributed by atoms with Gasteiger partial charge in [-0.1, -0.05) is 12.1 Å². The quantitative estimate of drug-likeness (QED) is 0.225. The maximum atomic E-state index is 6.25. The minimum Gasteiger partial charge on any atom is -0.454 e. The van der Waals surface area contributed by atoms with Crippen molar-refractivity contribution in [1.82, 2.24) is 9.97 Å². The van der Waals surface area contributed by atoms with Crippen molar-refractivity contribution in [2.24, 2.45) is 23.7 Å². The Bertz CT molecular complexity index is 2130. The topological polar surface area (TPSA) is 55.3 Å². The minimum atomic E-state index is 0.754. The fourth-order valence-corrected chi connectivity index (χ4v) is 8.87. The zero-order valence-electron chi connectivity index (χ0n) is 22.4. The predicted molar refractivity (Wildman–Crippen MR) is 162 cm³/mol. The number of furan rings is 2. The monoisotopic (exact) mass is 533 g/mol. The lowest BCUT2D eigenvalue weighted by molar-refractivity contribution is 0.398. The molecule has 4 aromatic heterocycles. The van der Waals surface area contributed by atoms with E-state index in [0.717, 1.165) is 90.5 Å². The van der Waals surface area contributed by atoms with Gasteiger partial charge < -0.3 is 13.7 Å². The van der Waals surface area contributed by atoms with E-state index in [-0.39, 0.29) is 0 Å². The molecule has 0 saturated heterocycles. The van der Waals surface area contributed by atoms with Crippen molar-refractivity contribution in [2.75, 3.05) is 4.90 Å². The number of rotatable bonds is 4. The highest BCUT2D eigenvalue weighted by molar-refractivity contribution is 6.07. The smallest absolute Gasteiger partial charge is 0.153 e. The van der Waals surface area contributed by atoms with Crippen LogP contribution in [0, 0.1) is 23.7 Å². The average molecular weight is 534 g/mol. The van der Waals surface area contributed by atoms with Crippen molar-refractivity contribution < 1.29 is 8.83 Å². The summed E-state index contributed by atoms with van der Waals surface area (Å²) in [5, 5.41) is 4.34. The first-order valence-corrected chi connectivity index (χ1v) is 14.7. The molecule has 198 valence electrons. The molecule has 4 bridgehead atoms. The fraction of sp³-hybridized carbons (Fsp3) is 0.222. The first-order valence-electron chi connectivity index (χ1n) is 14.7. The van der Waals surface area contributed by atoms with Gasteiger partial charge in [0, 0.05) is 57.1 Å². The summed E-state index contributed by atoms with van der Waals surface area (Å²) in [6.45, 7) is 0. The Morgan fingerprint density at radius 1 is 0.537 bits per heavy atom. The van der Waals surface area contributed by atoms with Gasteiger partial charge in [-0.3, -0.25) is 9.97 Å². The van der Waals surface area contributed by atoms with E-state index in [1.165, 1.54) is 24.8 Å². The van der Waals surface area contributed by atoms with Crippen LogP contribution in [0.5, 0.6) is 0 Å². The molecule has 4 aliphatic carbocycles. The summed E-state index contributed by atoms with van der Waals surface area (Å²) >= 11 is 0. The number of hydrogen-bond acceptors (Lipinski definition) is 5. The third-order valence-corrected chi connectivity index (χ3v) is 10.5. The lowest BCUT2D eigenvalue weighted by Gasteiger charge is -2.27. The largest absolute Gasteiger partial charge is 0.454 e. The van der Waals surface area contributed by atoms with E-state index >= 15 is 0 Å². The van der Waals surface area contributed by atoms with Crippen LogP contribution in [-0.2, 0) is 0 Å². The summed E-state index contributed by atoms with van der Waals surface area (Å²) in [7, 11) is 0. The van der Waals surface area contributed by atoms with E-state index in [0.29, 0.717) is 0 Å². The molecule has 4 saturated carbocycles. The van der Waals surface area contributed by atoms with Gasteiger partial charge in [0.05, 0.1) is 12.4 Å². The van der Waals surface area contributed by atoms with Crippen LogP contribution in [0.2, 0.25) is 0 Å². The van der Waals surface area contributed by atoms with Gasteiger partial charge in [0.25, 0.3) is 0 Å². The molecule has 4 aliphatic rings. The summed E-state index contributed by atoms with van der Waals surface area (Å²) in [6, 6.07) is 26.4. The molecular weight excluding hydrogens is 506 g/mol. The van der Waals surface area contributed by atoms with Crippen LogP contribution in [0.25, 0.3) is 43.9 Å². The van der Waals surface area contributed by atoms with Crippen molar-refractivity contribution in [3.05, 3.63) is 103 Å². The van der Waals surface area contributed by atoms with Gasteiger partial charge >= 0.3 is 0 Å². The van der Waals surface area contributed by atoms with Gasteiger partial charge in [0.2, 0.25) is 0 Å². The Hall–Kier alpha value is -4.64. The lowest BCUT2D eigenvalue weighted by atomic mass is 9.83. The molecule has 0 N–H and O–H groups in total. The maximum Gasteiger partial charge on any atom is 0.153 e. The van der Waals surface area contributed by atoms with E-state index in [2.05, 4.69) is 75.5 Å². The highest BCUT2D eigenvalue weighted by Gasteiger charge is 2.59. The third kappa shape index (κ3) is 3.06. The SMILES string of the molecule is c1cc2c(cn1)oc1cc(N(c3ccc(C4C5CC6CC5CC64)cc3)c3ccc4oc5cnccc5c4c3)ccc12. The van der Waals surface area contributed by atoms with E-state index in [9.17, 15) is 0 Å². The number of nitrogens with zero attached hydrogens (tertiary/aromatic N) is 3. The molecule has 0 spiro atoms. The molecule has 4 atom stereocenters. The van der Waals surface area contributed by atoms with Crippen molar-refractivity contribution in [1.29, 1.82) is 0 Å². The molecule has 0 amide bonds. The molecule has 41 heavy (non-hydrogen) atoms. The first kappa shape index (κ1) is 22.1. The third-order valence-electron chi connectivity index (χ3n) is 10.5. The number of fused-ring (bicyclic) bond motifs is 6. The van der Waals surface area contributed by atoms with Crippen LogP contribution in [0.1, 0.15) is 30.7 Å². The maximum absolute atomic E-state index is 6.25. The van der Waals surface area contributed by atoms with Gasteiger partial charge in [0.1, 0.15) is 11.2 Å². The molecule has 7 aromatic rings. The van der Waals surface area contributed by atoms with E-state index in [4.69, 9.17) is 8.83 Å². The Morgan fingerprint density at radius 3 is 1.88 bits per heavy atom. The van der Waals surface area contributed by atoms with Crippen LogP contribution in [0.4, 0.5) is 17.1 Å². The number of aromatic nitrogens is 2. The van der Waals surface area contributed by atoms with Gasteiger partial charge in [0.15, 0.2) is 11.2 Å². The zero-order chi connectivity index (χ0) is 26.7. The molecule has 0 aliphatic heterocycles. The standard InChI is InChI=1S/C36H27N3O2/c1-3-23(4-2-20(1)36-29-14-21-13-22(29)15-30(21)36)39(24-6-8-32-31(16-24)28-10-12-38-19-35(28)40-32)25-5-7-26-27-9-11-37-18-34(27)41-33(26)17-25/h1-12,16-19,21-22,29-30,36H,13-15H2. The summed E-state index contributed by atoms with van der Waals surface area (Å²) in [6.07, 6.45) is 11.6. The van der Waals surface area contributed by atoms with Crippen LogP contribution >= 0.6 is 0 Å². The summed E-state index contributed by atoms with van der Waals surface area (Å²) in [5.41, 5.74) is 8.11. The average Bonchev–Trinajstić information content (AvgIpc) is 3.85. The second-order valence-corrected chi connectivity index (χ2v) is 12.3. The lowest BCUT2D eigenvalue weighted by Crippen LogP contribution is -2.13. The Balaban J connectivity index is 1.13. The number of anilines is 3. The van der Waals surface area contributed by atoms with E-state index in [1.54, 1.807) is 12.4 Å². The molecule has 3 aromatic carbocycles. The van der Waals surface area contributed by atoms with Crippen molar-refractivity contribution >= 4 is 60.9 Å². The van der Waals surface area contributed by atoms with Gasteiger partial charge in [-0.15, -0.1) is 0 Å². The van der Waals surface area contributed by atoms with Crippen LogP contribution in [0.3, 0.4) is 0 Å². The van der Waals surface area contributed by atoms with Gasteiger partial charge in [-0.05, 0) is 109 Å². The van der Waals surface area contributed by atoms with Gasteiger partial charge in [-0.25, -0.2) is 0 Å². The Kier molecular flexibility index (Phi) is 4.30. The summed E-state index contributed by atoms with van der Waals surface area (Å²) in [5.74, 6) is 4.52. The van der Waals surface area contributed by atoms with E-state index < -0.39 is 0 Å².